The molecule has 3 N–H and O–H groups in total. The molecule has 2 aromatic rings. The van der Waals surface area contributed by atoms with Crippen molar-refractivity contribution in [3.8, 4) is 0 Å². The van der Waals surface area contributed by atoms with E-state index in [1.54, 1.807) is 4.90 Å². The van der Waals surface area contributed by atoms with Crippen LogP contribution in [0.15, 0.2) is 82.9 Å². The van der Waals surface area contributed by atoms with Gasteiger partial charge in [-0.1, -0.05) is 54.6 Å². The molecule has 2 aromatic carbocycles. The van der Waals surface area contributed by atoms with Crippen molar-refractivity contribution in [3.05, 3.63) is 89.6 Å². The van der Waals surface area contributed by atoms with Crippen LogP contribution in [0.5, 0.6) is 0 Å². The van der Waals surface area contributed by atoms with Gasteiger partial charge in [-0.3, -0.25) is 30.0 Å². The number of carbonyl (C=O) groups excluding carboxylic acids is 1. The van der Waals surface area contributed by atoms with Crippen molar-refractivity contribution in [1.29, 1.82) is 0 Å². The van der Waals surface area contributed by atoms with E-state index in [-0.39, 0.29) is 24.3 Å². The highest BCUT2D eigenvalue weighted by molar-refractivity contribution is 6.02. The fraction of sp³-hybridized carbons (Fsp3) is 0.345. The first kappa shape index (κ1) is 24.9. The van der Waals surface area contributed by atoms with Gasteiger partial charge in [0.15, 0.2) is 6.29 Å². The number of nitrogens with zero attached hydrogens (tertiary/aromatic N) is 5. The highest BCUT2D eigenvalue weighted by atomic mass is 16.2. The molecule has 3 atom stereocenters. The Morgan fingerprint density at radius 3 is 2.51 bits per heavy atom. The van der Waals surface area contributed by atoms with Gasteiger partial charge in [-0.15, -0.1) is 0 Å². The maximum Gasteiger partial charge on any atom is 0.231 e. The number of hydrazine groups is 1. The number of rotatable bonds is 8. The fourth-order valence-corrected chi connectivity index (χ4v) is 4.92. The van der Waals surface area contributed by atoms with Gasteiger partial charge in [0.05, 0.1) is 12.2 Å². The average molecular weight is 498 g/mol. The Balaban J connectivity index is 1.31. The number of benzene rings is 2. The van der Waals surface area contributed by atoms with Crippen LogP contribution in [-0.2, 0) is 17.6 Å². The Bertz CT molecular complexity index is 1220. The summed E-state index contributed by atoms with van der Waals surface area (Å²) in [4.78, 5) is 24.2. The number of nitrogens with two attached hydrogens (primary N) is 1. The van der Waals surface area contributed by atoms with Crippen molar-refractivity contribution < 1.29 is 4.79 Å². The highest BCUT2D eigenvalue weighted by Gasteiger charge is 2.37. The summed E-state index contributed by atoms with van der Waals surface area (Å²) in [5, 5.41) is 7.77. The second-order valence-corrected chi connectivity index (χ2v) is 9.91. The molecule has 3 unspecified atom stereocenters. The van der Waals surface area contributed by atoms with Crippen molar-refractivity contribution in [2.24, 2.45) is 15.7 Å². The molecule has 5 rings (SSSR count). The maximum absolute atomic E-state index is 12.7. The lowest BCUT2D eigenvalue weighted by molar-refractivity contribution is -0.132. The number of hydrogen-bond donors (Lipinski definition) is 2. The summed E-state index contributed by atoms with van der Waals surface area (Å²) >= 11 is 0. The monoisotopic (exact) mass is 497 g/mol. The first-order chi connectivity index (χ1) is 18.0. The Labute approximate surface area is 218 Å². The van der Waals surface area contributed by atoms with E-state index in [1.165, 1.54) is 11.1 Å². The minimum atomic E-state index is -0.304. The largest absolute Gasteiger partial charge is 0.328 e. The molecule has 3 aliphatic heterocycles. The van der Waals surface area contributed by atoms with Crippen molar-refractivity contribution in [2.75, 3.05) is 13.1 Å². The summed E-state index contributed by atoms with van der Waals surface area (Å²) in [5.41, 5.74) is 10.4. The second-order valence-electron chi connectivity index (χ2n) is 9.91. The number of fused-ring (bicyclic) bond motifs is 1. The molecule has 3 heterocycles. The van der Waals surface area contributed by atoms with Crippen molar-refractivity contribution in [2.45, 2.75) is 51.5 Å². The Kier molecular flexibility index (Phi) is 7.48. The molecule has 0 spiro atoms. The van der Waals surface area contributed by atoms with Gasteiger partial charge in [0.25, 0.3) is 0 Å². The van der Waals surface area contributed by atoms with Crippen LogP contribution < -0.4 is 11.1 Å². The number of guanidine groups is 1. The smallest absolute Gasteiger partial charge is 0.231 e. The first-order valence-corrected chi connectivity index (χ1v) is 13.0. The molecule has 1 fully saturated rings. The summed E-state index contributed by atoms with van der Waals surface area (Å²) < 4.78 is 0. The predicted molar refractivity (Wildman–Crippen MR) is 148 cm³/mol. The third kappa shape index (κ3) is 5.81. The minimum Gasteiger partial charge on any atom is -0.328 e. The molecule has 0 saturated carbocycles. The number of aliphatic imine (C=N–C) groups is 2. The van der Waals surface area contributed by atoms with Gasteiger partial charge >= 0.3 is 0 Å². The van der Waals surface area contributed by atoms with E-state index >= 15 is 0 Å². The number of amides is 1. The Morgan fingerprint density at radius 1 is 1.05 bits per heavy atom. The van der Waals surface area contributed by atoms with Gasteiger partial charge in [-0.25, -0.2) is 4.99 Å². The second kappa shape index (κ2) is 11.1. The number of nitrogens with one attached hydrogen (secondary N) is 1. The average Bonchev–Trinajstić information content (AvgIpc) is 2.91. The highest BCUT2D eigenvalue weighted by Crippen LogP contribution is 2.26. The van der Waals surface area contributed by atoms with Gasteiger partial charge in [-0.05, 0) is 55.5 Å². The minimum absolute atomic E-state index is 0.0909. The van der Waals surface area contributed by atoms with Gasteiger partial charge in [0.1, 0.15) is 0 Å². The van der Waals surface area contributed by atoms with Crippen LogP contribution >= 0.6 is 0 Å². The predicted octanol–water partition coefficient (Wildman–Crippen LogP) is 3.14. The van der Waals surface area contributed by atoms with E-state index < -0.39 is 0 Å². The summed E-state index contributed by atoms with van der Waals surface area (Å²) in [6.07, 6.45) is 9.62. The lowest BCUT2D eigenvalue weighted by Crippen LogP contribution is -2.63. The van der Waals surface area contributed by atoms with Crippen LogP contribution in [0.4, 0.5) is 0 Å². The third-order valence-electron chi connectivity index (χ3n) is 6.71. The van der Waals surface area contributed by atoms with Gasteiger partial charge < -0.3 is 5.73 Å². The quantitative estimate of drug-likeness (QED) is 0.585. The summed E-state index contributed by atoms with van der Waals surface area (Å²) in [6.45, 7) is 5.25. The number of allylic oxidation sites excluding steroid dienone is 1. The van der Waals surface area contributed by atoms with E-state index in [4.69, 9.17) is 15.7 Å². The van der Waals surface area contributed by atoms with Crippen LogP contribution in [0, 0.1) is 0 Å². The van der Waals surface area contributed by atoms with Gasteiger partial charge in [0, 0.05) is 37.5 Å². The molecular weight excluding hydrogens is 462 g/mol. The van der Waals surface area contributed by atoms with E-state index in [9.17, 15) is 4.79 Å². The summed E-state index contributed by atoms with van der Waals surface area (Å²) in [5.74, 6) is 0.733. The summed E-state index contributed by atoms with van der Waals surface area (Å²) in [6, 6.07) is 19.1. The molecule has 192 valence electrons. The number of hydrogen-bond acceptors (Lipinski definition) is 7. The fourth-order valence-electron chi connectivity index (χ4n) is 4.92. The van der Waals surface area contributed by atoms with E-state index in [0.717, 1.165) is 24.1 Å². The molecule has 0 aliphatic carbocycles. The molecule has 1 saturated heterocycles. The molecular formula is C29H35N7O. The standard InChI is InChI=1S/C29H35N7O/c1-21(30)19-23-9-11-24(12-10-23)20-22(2)32-28-31-15-6-16-35(28)36-18-14-27(37)34-17-13-26(33-29(34)36)25-7-4-3-5-8-25/h3-13,15-16,21-22,28,32H,14,17-20,30H2,1-2H3. The zero-order chi connectivity index (χ0) is 25.8. The van der Waals surface area contributed by atoms with Gasteiger partial charge in [-0.2, -0.15) is 0 Å². The van der Waals surface area contributed by atoms with E-state index in [1.807, 2.05) is 61.8 Å². The topological polar surface area (TPSA) is 89.6 Å². The van der Waals surface area contributed by atoms with Crippen LogP contribution in [0.25, 0.3) is 5.70 Å². The SMILES string of the molecule is CC(N)Cc1ccc(CC(C)NC2N=CC=CN2N2CCC(=O)N3CC=C(c4ccccc4)N=C32)cc1. The van der Waals surface area contributed by atoms with Gasteiger partial charge in [0.2, 0.25) is 11.9 Å². The molecule has 37 heavy (non-hydrogen) atoms. The van der Waals surface area contributed by atoms with Crippen molar-refractivity contribution >= 4 is 23.8 Å². The molecule has 8 nitrogen and oxygen atoms in total. The lowest BCUT2D eigenvalue weighted by atomic mass is 10.0. The lowest BCUT2D eigenvalue weighted by Gasteiger charge is -2.46. The van der Waals surface area contributed by atoms with E-state index in [0.29, 0.717) is 25.5 Å². The van der Waals surface area contributed by atoms with Crippen LogP contribution in [-0.4, -0.2) is 64.5 Å². The molecule has 3 aliphatic rings. The zero-order valence-electron chi connectivity index (χ0n) is 21.5. The van der Waals surface area contributed by atoms with Crippen LogP contribution in [0.3, 0.4) is 0 Å². The zero-order valence-corrected chi connectivity index (χ0v) is 21.5. The molecule has 0 radical (unpaired) electrons. The first-order valence-electron chi connectivity index (χ1n) is 13.0. The number of carbonyl (C=O) groups is 1. The molecule has 8 heteroatoms. The summed E-state index contributed by atoms with van der Waals surface area (Å²) in [7, 11) is 0. The van der Waals surface area contributed by atoms with E-state index in [2.05, 4.69) is 46.5 Å². The van der Waals surface area contributed by atoms with Crippen molar-refractivity contribution in [1.82, 2.24) is 20.2 Å². The maximum atomic E-state index is 12.7. The molecule has 1 amide bonds. The van der Waals surface area contributed by atoms with Crippen LogP contribution in [0.1, 0.15) is 37.0 Å². The third-order valence-corrected chi connectivity index (χ3v) is 6.71. The Hall–Kier alpha value is -3.75. The Morgan fingerprint density at radius 2 is 1.78 bits per heavy atom. The molecule has 0 aromatic heterocycles. The normalized spacial score (nSPS) is 20.9. The van der Waals surface area contributed by atoms with Crippen LogP contribution in [0.2, 0.25) is 0 Å². The van der Waals surface area contributed by atoms with Crippen molar-refractivity contribution in [3.63, 3.8) is 0 Å². The molecule has 0 bridgehead atoms.